The van der Waals surface area contributed by atoms with Crippen molar-refractivity contribution in [3.63, 3.8) is 0 Å². The van der Waals surface area contributed by atoms with Gasteiger partial charge in [0.1, 0.15) is 6.10 Å². The Hall–Kier alpha value is -1.37. The Labute approximate surface area is 255 Å². The van der Waals surface area contributed by atoms with Gasteiger partial charge in [-0.2, -0.15) is 0 Å². The largest absolute Gasteiger partial charge is 0.469 e. The van der Waals surface area contributed by atoms with Crippen LogP contribution in [0, 0.1) is 55.8 Å². The highest BCUT2D eigenvalue weighted by atomic mass is 127. The van der Waals surface area contributed by atoms with Crippen LogP contribution in [0.1, 0.15) is 103 Å². The van der Waals surface area contributed by atoms with E-state index in [1.54, 1.807) is 0 Å². The maximum Gasteiger partial charge on any atom is 0.338 e. The average Bonchev–Trinajstić information content (AvgIpc) is 3.29. The Morgan fingerprint density at radius 3 is 2.60 bits per heavy atom. The Balaban J connectivity index is 1.50. The standard InChI is InChI=1S/C35H49IO4/c1-7-25-29-19-21(2)15-17-35(29,5)28-16-18-34(4)26(22(3)11-14-30(37)39-6)12-13-27(34)31(28)32(25)40-33(38)23-9-8-10-24(36)20-23/h8-10,12,20-22,25,27-29,31-32H,7,11,13-19H2,1-6H3/t21-,22-,25-,27?,28?,29+,31?,32-,34-,35-/m1/s1. The summed E-state index contributed by atoms with van der Waals surface area (Å²) < 4.78 is 12.8. The van der Waals surface area contributed by atoms with Crippen molar-refractivity contribution in [1.82, 2.24) is 0 Å². The van der Waals surface area contributed by atoms with Crippen molar-refractivity contribution >= 4 is 34.5 Å². The molecular formula is C35H49IO4. The molecule has 220 valence electrons. The van der Waals surface area contributed by atoms with Crippen molar-refractivity contribution in [1.29, 1.82) is 0 Å². The lowest BCUT2D eigenvalue weighted by Gasteiger charge is -2.65. The summed E-state index contributed by atoms with van der Waals surface area (Å²) >= 11 is 2.28. The number of carbonyl (C=O) groups is 2. The number of carbonyl (C=O) groups excluding carboxylic acids is 2. The number of benzene rings is 1. The molecule has 0 N–H and O–H groups in total. The minimum absolute atomic E-state index is 0.0495. The summed E-state index contributed by atoms with van der Waals surface area (Å²) in [7, 11) is 1.48. The van der Waals surface area contributed by atoms with Crippen LogP contribution in [0.3, 0.4) is 0 Å². The maximum absolute atomic E-state index is 13.7. The number of fused-ring (bicyclic) bond motifs is 5. The third-order valence-electron chi connectivity index (χ3n) is 12.1. The topological polar surface area (TPSA) is 52.6 Å². The van der Waals surface area contributed by atoms with Crippen LogP contribution in [0.15, 0.2) is 35.9 Å². The first-order valence-corrected chi connectivity index (χ1v) is 16.8. The van der Waals surface area contributed by atoms with Gasteiger partial charge in [0.2, 0.25) is 0 Å². The number of esters is 2. The second-order valence-corrected chi connectivity index (χ2v) is 15.3. The molecule has 4 nitrogen and oxygen atoms in total. The minimum Gasteiger partial charge on any atom is -0.469 e. The van der Waals surface area contributed by atoms with Crippen molar-refractivity contribution in [2.24, 2.45) is 52.3 Å². The van der Waals surface area contributed by atoms with E-state index >= 15 is 0 Å². The number of allylic oxidation sites excluding steroid dienone is 2. The molecule has 40 heavy (non-hydrogen) atoms. The summed E-state index contributed by atoms with van der Waals surface area (Å²) in [6.07, 6.45) is 12.1. The van der Waals surface area contributed by atoms with E-state index in [4.69, 9.17) is 9.47 Å². The Morgan fingerprint density at radius 2 is 1.90 bits per heavy atom. The Kier molecular flexibility index (Phi) is 8.82. The highest BCUT2D eigenvalue weighted by molar-refractivity contribution is 14.1. The van der Waals surface area contributed by atoms with Crippen molar-refractivity contribution in [3.8, 4) is 0 Å². The molecule has 3 fully saturated rings. The van der Waals surface area contributed by atoms with Crippen LogP contribution in [0.5, 0.6) is 0 Å². The molecule has 0 aliphatic heterocycles. The lowest BCUT2D eigenvalue weighted by atomic mass is 9.41. The minimum atomic E-state index is -0.155. The van der Waals surface area contributed by atoms with Crippen molar-refractivity contribution in [3.05, 3.63) is 45.0 Å². The first-order chi connectivity index (χ1) is 19.0. The van der Waals surface area contributed by atoms with Crippen molar-refractivity contribution in [2.75, 3.05) is 7.11 Å². The van der Waals surface area contributed by atoms with E-state index in [9.17, 15) is 9.59 Å². The number of hydrogen-bond acceptors (Lipinski definition) is 4. The zero-order valence-corrected chi connectivity index (χ0v) is 27.5. The van der Waals surface area contributed by atoms with E-state index < -0.39 is 0 Å². The van der Waals surface area contributed by atoms with Gasteiger partial charge in [0.25, 0.3) is 0 Å². The van der Waals surface area contributed by atoms with Crippen LogP contribution in [-0.2, 0) is 14.3 Å². The van der Waals surface area contributed by atoms with Crippen LogP contribution in [0.4, 0.5) is 0 Å². The van der Waals surface area contributed by atoms with Gasteiger partial charge in [-0.05, 0) is 132 Å². The van der Waals surface area contributed by atoms with Crippen LogP contribution in [0.25, 0.3) is 0 Å². The fraction of sp³-hybridized carbons (Fsp3) is 0.714. The van der Waals surface area contributed by atoms with Gasteiger partial charge in [0.15, 0.2) is 0 Å². The van der Waals surface area contributed by atoms with Crippen LogP contribution < -0.4 is 0 Å². The second kappa shape index (κ2) is 11.7. The third kappa shape index (κ3) is 5.19. The molecule has 5 rings (SSSR count). The molecule has 0 radical (unpaired) electrons. The summed E-state index contributed by atoms with van der Waals surface area (Å²) in [6.45, 7) is 12.1. The van der Waals surface area contributed by atoms with Crippen molar-refractivity contribution in [2.45, 2.75) is 98.5 Å². The van der Waals surface area contributed by atoms with E-state index in [0.29, 0.717) is 52.9 Å². The molecular weight excluding hydrogens is 611 g/mol. The molecule has 1 aromatic carbocycles. The van der Waals surface area contributed by atoms with Crippen LogP contribution in [-0.4, -0.2) is 25.2 Å². The smallest absolute Gasteiger partial charge is 0.338 e. The van der Waals surface area contributed by atoms with E-state index in [-0.39, 0.29) is 23.5 Å². The predicted molar refractivity (Wildman–Crippen MR) is 168 cm³/mol. The predicted octanol–water partition coefficient (Wildman–Crippen LogP) is 8.87. The Morgan fingerprint density at radius 1 is 1.12 bits per heavy atom. The van der Waals surface area contributed by atoms with Crippen LogP contribution >= 0.6 is 22.6 Å². The average molecular weight is 661 g/mol. The van der Waals surface area contributed by atoms with Crippen molar-refractivity contribution < 1.29 is 19.1 Å². The molecule has 0 heterocycles. The van der Waals surface area contributed by atoms with E-state index in [1.165, 1.54) is 44.8 Å². The number of hydrogen-bond donors (Lipinski definition) is 0. The molecule has 4 aliphatic rings. The Bertz CT molecular complexity index is 1140. The van der Waals surface area contributed by atoms with Crippen LogP contribution in [0.2, 0.25) is 0 Å². The van der Waals surface area contributed by atoms with Gasteiger partial charge in [0, 0.05) is 15.9 Å². The molecule has 0 spiro atoms. The fourth-order valence-corrected chi connectivity index (χ4v) is 10.6. The van der Waals surface area contributed by atoms with Gasteiger partial charge in [0.05, 0.1) is 12.7 Å². The van der Waals surface area contributed by atoms with Gasteiger partial charge in [-0.3, -0.25) is 4.79 Å². The molecule has 0 aromatic heterocycles. The zero-order chi connectivity index (χ0) is 28.8. The monoisotopic (exact) mass is 660 g/mol. The SMILES string of the molecule is CC[C@H]1[C@@H](OC(=O)c2cccc(I)c2)C2C3CC=C([C@H](C)CCC(=O)OC)[C@@]3(C)CCC2[C@@]2(C)CC[C@@H](C)C[C@@H]12. The summed E-state index contributed by atoms with van der Waals surface area (Å²) in [4.78, 5) is 25.7. The van der Waals surface area contributed by atoms with E-state index in [2.05, 4.69) is 63.3 Å². The number of ether oxygens (including phenoxy) is 2. The molecule has 0 amide bonds. The normalized spacial score (nSPS) is 39.3. The highest BCUT2D eigenvalue weighted by Gasteiger charge is 2.64. The zero-order valence-electron chi connectivity index (χ0n) is 25.4. The van der Waals surface area contributed by atoms with Gasteiger partial charge >= 0.3 is 11.9 Å². The third-order valence-corrected chi connectivity index (χ3v) is 12.8. The molecule has 5 heteroatoms. The summed E-state index contributed by atoms with van der Waals surface area (Å²) in [6, 6.07) is 7.85. The highest BCUT2D eigenvalue weighted by Crippen LogP contribution is 2.69. The van der Waals surface area contributed by atoms with E-state index in [1.807, 2.05) is 24.3 Å². The van der Waals surface area contributed by atoms with Gasteiger partial charge in [-0.25, -0.2) is 4.79 Å². The molecule has 3 saturated carbocycles. The van der Waals surface area contributed by atoms with E-state index in [0.717, 1.165) is 28.8 Å². The van der Waals surface area contributed by atoms with Gasteiger partial charge in [-0.15, -0.1) is 0 Å². The molecule has 10 atom stereocenters. The molecule has 4 aliphatic carbocycles. The maximum atomic E-state index is 13.7. The number of rotatable bonds is 7. The summed E-state index contributed by atoms with van der Waals surface area (Å²) in [5, 5.41) is 0. The summed E-state index contributed by atoms with van der Waals surface area (Å²) in [5.74, 6) is 3.23. The first-order valence-electron chi connectivity index (χ1n) is 15.8. The molecule has 0 saturated heterocycles. The van der Waals surface area contributed by atoms with Gasteiger partial charge < -0.3 is 9.47 Å². The molecule has 0 bridgehead atoms. The quantitative estimate of drug-likeness (QED) is 0.167. The lowest BCUT2D eigenvalue weighted by molar-refractivity contribution is -0.193. The fourth-order valence-electron chi connectivity index (χ4n) is 10.1. The lowest BCUT2D eigenvalue weighted by Crippen LogP contribution is -2.62. The number of halogens is 1. The van der Waals surface area contributed by atoms with Gasteiger partial charge in [-0.1, -0.05) is 58.8 Å². The molecule has 3 unspecified atom stereocenters. The summed E-state index contributed by atoms with van der Waals surface area (Å²) in [5.41, 5.74) is 2.60. The second-order valence-electron chi connectivity index (χ2n) is 14.1. The number of methoxy groups -OCH3 is 1. The molecule has 1 aromatic rings. The first kappa shape index (κ1) is 30.1.